The van der Waals surface area contributed by atoms with Gasteiger partial charge in [-0.1, -0.05) is 36.4 Å². The molecule has 3 aromatic rings. The molecule has 27 heavy (non-hydrogen) atoms. The molecular formula is C20H20N4O2S. The van der Waals surface area contributed by atoms with Gasteiger partial charge in [-0.3, -0.25) is 4.99 Å². The van der Waals surface area contributed by atoms with Crippen LogP contribution in [0.5, 0.6) is 11.5 Å². The Balaban J connectivity index is 1.31. The van der Waals surface area contributed by atoms with Crippen molar-refractivity contribution < 1.29 is 9.47 Å². The summed E-state index contributed by atoms with van der Waals surface area (Å²) in [5, 5.41) is 9.70. The smallest absolute Gasteiger partial charge is 0.231 e. The summed E-state index contributed by atoms with van der Waals surface area (Å²) in [6, 6.07) is 16.1. The minimum absolute atomic E-state index is 0.286. The first-order valence-electron chi connectivity index (χ1n) is 8.65. The number of thiazole rings is 1. The summed E-state index contributed by atoms with van der Waals surface area (Å²) < 4.78 is 10.8. The largest absolute Gasteiger partial charge is 0.454 e. The molecule has 7 heteroatoms. The third-order valence-corrected chi connectivity index (χ3v) is 5.00. The van der Waals surface area contributed by atoms with E-state index in [0.29, 0.717) is 13.1 Å². The number of hydrogen-bond acceptors (Lipinski definition) is 5. The molecule has 2 N–H and O–H groups in total. The van der Waals surface area contributed by atoms with Crippen molar-refractivity contribution in [3.05, 3.63) is 64.5 Å². The van der Waals surface area contributed by atoms with E-state index >= 15 is 0 Å². The van der Waals surface area contributed by atoms with Gasteiger partial charge in [0.15, 0.2) is 17.5 Å². The Labute approximate surface area is 161 Å². The molecule has 1 aliphatic heterocycles. The number of benzene rings is 2. The van der Waals surface area contributed by atoms with E-state index in [9.17, 15) is 0 Å². The highest BCUT2D eigenvalue weighted by Gasteiger charge is 2.13. The number of aliphatic imine (C=N–C) groups is 1. The highest BCUT2D eigenvalue weighted by molar-refractivity contribution is 7.09. The van der Waals surface area contributed by atoms with Gasteiger partial charge in [0.25, 0.3) is 0 Å². The Morgan fingerprint density at radius 2 is 1.89 bits per heavy atom. The third kappa shape index (κ3) is 4.20. The molecule has 1 aromatic heterocycles. The zero-order chi connectivity index (χ0) is 18.5. The summed E-state index contributed by atoms with van der Waals surface area (Å²) in [4.78, 5) is 8.96. The predicted octanol–water partition coefficient (Wildman–Crippen LogP) is 3.40. The SMILES string of the molecule is CN=C(NCc1ccc2c(c1)OCO2)NCc1nc(-c2ccccc2)cs1. The van der Waals surface area contributed by atoms with Gasteiger partial charge < -0.3 is 20.1 Å². The molecule has 0 unspecified atom stereocenters. The van der Waals surface area contributed by atoms with Gasteiger partial charge in [-0.05, 0) is 17.7 Å². The molecule has 0 fully saturated rings. The summed E-state index contributed by atoms with van der Waals surface area (Å²) in [5.41, 5.74) is 3.23. The number of hydrogen-bond donors (Lipinski definition) is 2. The van der Waals surface area contributed by atoms with E-state index < -0.39 is 0 Å². The summed E-state index contributed by atoms with van der Waals surface area (Å²) in [6.45, 7) is 1.55. The average molecular weight is 380 g/mol. The highest BCUT2D eigenvalue weighted by Crippen LogP contribution is 2.32. The standard InChI is InChI=1S/C20H20N4O2S/c1-21-20(22-10-14-7-8-17-18(9-14)26-13-25-17)23-11-19-24-16(12-27-19)15-5-3-2-4-6-15/h2-9,12H,10-11,13H2,1H3,(H2,21,22,23). The summed E-state index contributed by atoms with van der Waals surface area (Å²) in [7, 11) is 1.76. The molecule has 0 saturated heterocycles. The van der Waals surface area contributed by atoms with Crippen LogP contribution in [0.15, 0.2) is 58.9 Å². The van der Waals surface area contributed by atoms with Gasteiger partial charge >= 0.3 is 0 Å². The fourth-order valence-corrected chi connectivity index (χ4v) is 3.49. The quantitative estimate of drug-likeness (QED) is 0.524. The van der Waals surface area contributed by atoms with Crippen LogP contribution in [-0.4, -0.2) is 24.8 Å². The fourth-order valence-electron chi connectivity index (χ4n) is 2.75. The second-order valence-electron chi connectivity index (χ2n) is 5.96. The zero-order valence-corrected chi connectivity index (χ0v) is 15.8. The first-order chi connectivity index (χ1) is 13.3. The molecule has 0 bridgehead atoms. The lowest BCUT2D eigenvalue weighted by atomic mass is 10.2. The minimum atomic E-state index is 0.286. The Morgan fingerprint density at radius 1 is 1.07 bits per heavy atom. The average Bonchev–Trinajstić information content (AvgIpc) is 3.38. The van der Waals surface area contributed by atoms with Crippen LogP contribution in [0.2, 0.25) is 0 Å². The highest BCUT2D eigenvalue weighted by atomic mass is 32.1. The Kier molecular flexibility index (Phi) is 5.20. The zero-order valence-electron chi connectivity index (χ0n) is 14.9. The molecule has 0 aliphatic carbocycles. The fraction of sp³-hybridized carbons (Fsp3) is 0.200. The van der Waals surface area contributed by atoms with Gasteiger partial charge in [0.2, 0.25) is 6.79 Å². The lowest BCUT2D eigenvalue weighted by molar-refractivity contribution is 0.174. The molecule has 1 aliphatic rings. The van der Waals surface area contributed by atoms with Crippen LogP contribution in [0.1, 0.15) is 10.6 Å². The van der Waals surface area contributed by atoms with Crippen LogP contribution >= 0.6 is 11.3 Å². The molecule has 6 nitrogen and oxygen atoms in total. The van der Waals surface area contributed by atoms with Gasteiger partial charge in [-0.15, -0.1) is 11.3 Å². The maximum Gasteiger partial charge on any atom is 0.231 e. The molecular weight excluding hydrogens is 360 g/mol. The molecule has 138 valence electrons. The Hall–Kier alpha value is -3.06. The molecule has 2 heterocycles. The van der Waals surface area contributed by atoms with Crippen LogP contribution < -0.4 is 20.1 Å². The van der Waals surface area contributed by atoms with Gasteiger partial charge in [-0.25, -0.2) is 4.98 Å². The van der Waals surface area contributed by atoms with Crippen molar-refractivity contribution >= 4 is 17.3 Å². The number of aromatic nitrogens is 1. The number of fused-ring (bicyclic) bond motifs is 1. The number of nitrogens with zero attached hydrogens (tertiary/aromatic N) is 2. The first-order valence-corrected chi connectivity index (χ1v) is 9.52. The van der Waals surface area contributed by atoms with E-state index in [1.807, 2.05) is 36.4 Å². The van der Waals surface area contributed by atoms with Crippen molar-refractivity contribution in [1.82, 2.24) is 15.6 Å². The van der Waals surface area contributed by atoms with Crippen LogP contribution in [-0.2, 0) is 13.1 Å². The van der Waals surface area contributed by atoms with E-state index in [2.05, 4.69) is 38.1 Å². The van der Waals surface area contributed by atoms with Gasteiger partial charge in [-0.2, -0.15) is 0 Å². The summed E-state index contributed by atoms with van der Waals surface area (Å²) in [6.07, 6.45) is 0. The van der Waals surface area contributed by atoms with E-state index in [1.54, 1.807) is 18.4 Å². The van der Waals surface area contributed by atoms with Crippen molar-refractivity contribution in [3.8, 4) is 22.8 Å². The molecule has 0 atom stereocenters. The second kappa shape index (κ2) is 8.09. The molecule has 0 spiro atoms. The van der Waals surface area contributed by atoms with Gasteiger partial charge in [0, 0.05) is 24.5 Å². The lowest BCUT2D eigenvalue weighted by Gasteiger charge is -2.11. The van der Waals surface area contributed by atoms with Crippen molar-refractivity contribution in [2.24, 2.45) is 4.99 Å². The minimum Gasteiger partial charge on any atom is -0.454 e. The molecule has 2 aromatic carbocycles. The van der Waals surface area contributed by atoms with E-state index in [0.717, 1.165) is 39.3 Å². The van der Waals surface area contributed by atoms with E-state index in [1.165, 1.54) is 0 Å². The van der Waals surface area contributed by atoms with Crippen LogP contribution in [0.4, 0.5) is 0 Å². The summed E-state index contributed by atoms with van der Waals surface area (Å²) in [5.74, 6) is 2.30. The maximum atomic E-state index is 5.41. The van der Waals surface area contributed by atoms with Crippen molar-refractivity contribution in [3.63, 3.8) is 0 Å². The van der Waals surface area contributed by atoms with Gasteiger partial charge in [0.1, 0.15) is 5.01 Å². The number of ether oxygens (including phenoxy) is 2. The number of nitrogens with one attached hydrogen (secondary N) is 2. The first kappa shape index (κ1) is 17.4. The van der Waals surface area contributed by atoms with Crippen molar-refractivity contribution in [2.45, 2.75) is 13.1 Å². The molecule has 4 rings (SSSR count). The molecule has 0 radical (unpaired) electrons. The number of rotatable bonds is 5. The Bertz CT molecular complexity index is 940. The van der Waals surface area contributed by atoms with Crippen LogP contribution in [0.3, 0.4) is 0 Å². The van der Waals surface area contributed by atoms with Crippen molar-refractivity contribution in [2.75, 3.05) is 13.8 Å². The molecule has 0 amide bonds. The van der Waals surface area contributed by atoms with Gasteiger partial charge in [0.05, 0.1) is 12.2 Å². The lowest BCUT2D eigenvalue weighted by Crippen LogP contribution is -2.36. The number of guanidine groups is 1. The Morgan fingerprint density at radius 3 is 2.74 bits per heavy atom. The second-order valence-corrected chi connectivity index (χ2v) is 6.90. The predicted molar refractivity (Wildman–Crippen MR) is 107 cm³/mol. The normalized spacial score (nSPS) is 12.9. The molecule has 0 saturated carbocycles. The van der Waals surface area contributed by atoms with E-state index in [-0.39, 0.29) is 6.79 Å². The van der Waals surface area contributed by atoms with Crippen LogP contribution in [0, 0.1) is 0 Å². The maximum absolute atomic E-state index is 5.41. The third-order valence-electron chi connectivity index (χ3n) is 4.15. The van der Waals surface area contributed by atoms with Crippen molar-refractivity contribution in [1.29, 1.82) is 0 Å². The van der Waals surface area contributed by atoms with Crippen LogP contribution in [0.25, 0.3) is 11.3 Å². The monoisotopic (exact) mass is 380 g/mol. The topological polar surface area (TPSA) is 67.8 Å². The van der Waals surface area contributed by atoms with E-state index in [4.69, 9.17) is 9.47 Å². The summed E-state index contributed by atoms with van der Waals surface area (Å²) >= 11 is 1.64.